The first-order valence-electron chi connectivity index (χ1n) is 4.88. The molecule has 0 saturated heterocycles. The van der Waals surface area contributed by atoms with E-state index in [0.29, 0.717) is 23.1 Å². The van der Waals surface area contributed by atoms with Crippen molar-refractivity contribution in [3.63, 3.8) is 0 Å². The summed E-state index contributed by atoms with van der Waals surface area (Å²) in [5.41, 5.74) is 5.79. The number of hydrogen-bond acceptors (Lipinski definition) is 3. The van der Waals surface area contributed by atoms with Gasteiger partial charge in [0.2, 0.25) is 0 Å². The van der Waals surface area contributed by atoms with Gasteiger partial charge in [0.25, 0.3) is 0 Å². The van der Waals surface area contributed by atoms with Crippen LogP contribution in [0.1, 0.15) is 12.8 Å². The normalized spacial score (nSPS) is 17.3. The van der Waals surface area contributed by atoms with Gasteiger partial charge in [0.1, 0.15) is 6.61 Å². The SMILES string of the molecule is COc1ccc(Cl)cc1OCC1(N)CC1. The number of rotatable bonds is 4. The predicted octanol–water partition coefficient (Wildman–Crippen LogP) is 2.22. The first kappa shape index (κ1) is 10.6. The van der Waals surface area contributed by atoms with Crippen LogP contribution in [-0.4, -0.2) is 19.3 Å². The van der Waals surface area contributed by atoms with Gasteiger partial charge in [-0.1, -0.05) is 11.6 Å². The highest BCUT2D eigenvalue weighted by Crippen LogP contribution is 2.35. The zero-order valence-electron chi connectivity index (χ0n) is 8.63. The fourth-order valence-electron chi connectivity index (χ4n) is 1.29. The average Bonchev–Trinajstić information content (AvgIpc) is 2.95. The van der Waals surface area contributed by atoms with Gasteiger partial charge in [-0.3, -0.25) is 0 Å². The summed E-state index contributed by atoms with van der Waals surface area (Å²) in [6, 6.07) is 5.29. The Morgan fingerprint density at radius 1 is 1.40 bits per heavy atom. The summed E-state index contributed by atoms with van der Waals surface area (Å²) in [5.74, 6) is 1.34. The molecule has 15 heavy (non-hydrogen) atoms. The number of halogens is 1. The first-order valence-corrected chi connectivity index (χ1v) is 5.26. The Balaban J connectivity index is 2.08. The van der Waals surface area contributed by atoms with E-state index < -0.39 is 0 Å². The minimum absolute atomic E-state index is 0.132. The third-order valence-electron chi connectivity index (χ3n) is 2.53. The van der Waals surface area contributed by atoms with E-state index in [0.717, 1.165) is 12.8 Å². The van der Waals surface area contributed by atoms with Crippen LogP contribution in [0.4, 0.5) is 0 Å². The van der Waals surface area contributed by atoms with E-state index in [1.165, 1.54) is 0 Å². The lowest BCUT2D eigenvalue weighted by molar-refractivity contribution is 0.264. The van der Waals surface area contributed by atoms with Gasteiger partial charge in [0.05, 0.1) is 12.6 Å². The maximum atomic E-state index is 5.93. The van der Waals surface area contributed by atoms with Gasteiger partial charge in [0, 0.05) is 11.1 Å². The molecule has 2 rings (SSSR count). The standard InChI is InChI=1S/C11H14ClNO2/c1-14-9-3-2-8(12)6-10(9)15-7-11(13)4-5-11/h2-3,6H,4-5,7,13H2,1H3. The number of nitrogens with two attached hydrogens (primary N) is 1. The zero-order chi connectivity index (χ0) is 10.9. The van der Waals surface area contributed by atoms with Crippen molar-refractivity contribution in [2.45, 2.75) is 18.4 Å². The van der Waals surface area contributed by atoms with Crippen LogP contribution in [-0.2, 0) is 0 Å². The minimum atomic E-state index is -0.132. The Kier molecular flexibility index (Phi) is 2.76. The summed E-state index contributed by atoms with van der Waals surface area (Å²) in [6.07, 6.45) is 2.05. The van der Waals surface area contributed by atoms with Crippen LogP contribution in [0.15, 0.2) is 18.2 Å². The molecule has 1 aliphatic rings. The van der Waals surface area contributed by atoms with Crippen molar-refractivity contribution in [3.8, 4) is 11.5 Å². The lowest BCUT2D eigenvalue weighted by atomic mass is 10.3. The Morgan fingerprint density at radius 3 is 2.73 bits per heavy atom. The largest absolute Gasteiger partial charge is 0.493 e. The Morgan fingerprint density at radius 2 is 2.13 bits per heavy atom. The molecule has 0 bridgehead atoms. The maximum Gasteiger partial charge on any atom is 0.162 e. The topological polar surface area (TPSA) is 44.5 Å². The minimum Gasteiger partial charge on any atom is -0.493 e. The number of methoxy groups -OCH3 is 1. The second-order valence-corrected chi connectivity index (χ2v) is 4.38. The Bertz CT molecular complexity index is 364. The molecule has 0 atom stereocenters. The number of hydrogen-bond donors (Lipinski definition) is 1. The fraction of sp³-hybridized carbons (Fsp3) is 0.455. The second kappa shape index (κ2) is 3.91. The van der Waals surface area contributed by atoms with Crippen molar-refractivity contribution in [2.75, 3.05) is 13.7 Å². The second-order valence-electron chi connectivity index (χ2n) is 3.95. The van der Waals surface area contributed by atoms with Gasteiger partial charge in [-0.05, 0) is 25.0 Å². The highest BCUT2D eigenvalue weighted by molar-refractivity contribution is 6.30. The molecule has 1 aliphatic carbocycles. The monoisotopic (exact) mass is 227 g/mol. The van der Waals surface area contributed by atoms with Crippen LogP contribution >= 0.6 is 11.6 Å². The van der Waals surface area contributed by atoms with E-state index in [1.54, 1.807) is 25.3 Å². The van der Waals surface area contributed by atoms with Crippen LogP contribution in [0.5, 0.6) is 11.5 Å². The predicted molar refractivity (Wildman–Crippen MR) is 59.7 cm³/mol. The van der Waals surface area contributed by atoms with Crippen LogP contribution in [0.25, 0.3) is 0 Å². The van der Waals surface area contributed by atoms with Gasteiger partial charge < -0.3 is 15.2 Å². The highest BCUT2D eigenvalue weighted by Gasteiger charge is 2.39. The van der Waals surface area contributed by atoms with Crippen LogP contribution in [0, 0.1) is 0 Å². The molecule has 0 unspecified atom stereocenters. The van der Waals surface area contributed by atoms with E-state index in [1.807, 2.05) is 0 Å². The zero-order valence-corrected chi connectivity index (χ0v) is 9.38. The van der Waals surface area contributed by atoms with Crippen LogP contribution < -0.4 is 15.2 Å². The van der Waals surface area contributed by atoms with E-state index in [-0.39, 0.29) is 5.54 Å². The number of benzene rings is 1. The molecule has 0 amide bonds. The summed E-state index contributed by atoms with van der Waals surface area (Å²) < 4.78 is 10.8. The third-order valence-corrected chi connectivity index (χ3v) is 2.77. The van der Waals surface area contributed by atoms with Gasteiger partial charge in [-0.25, -0.2) is 0 Å². The summed E-state index contributed by atoms with van der Waals surface area (Å²) in [4.78, 5) is 0. The van der Waals surface area contributed by atoms with E-state index >= 15 is 0 Å². The molecule has 1 saturated carbocycles. The molecular weight excluding hydrogens is 214 g/mol. The molecule has 0 spiro atoms. The van der Waals surface area contributed by atoms with Gasteiger partial charge >= 0.3 is 0 Å². The molecule has 0 aromatic heterocycles. The van der Waals surface area contributed by atoms with E-state index in [4.69, 9.17) is 26.8 Å². The first-order chi connectivity index (χ1) is 7.13. The Labute approximate surface area is 94.1 Å². The van der Waals surface area contributed by atoms with Crippen LogP contribution in [0.2, 0.25) is 5.02 Å². The average molecular weight is 228 g/mol. The molecule has 3 nitrogen and oxygen atoms in total. The van der Waals surface area contributed by atoms with Crippen molar-refractivity contribution in [2.24, 2.45) is 5.73 Å². The van der Waals surface area contributed by atoms with Crippen molar-refractivity contribution in [1.82, 2.24) is 0 Å². The Hall–Kier alpha value is -0.930. The smallest absolute Gasteiger partial charge is 0.162 e. The van der Waals surface area contributed by atoms with E-state index in [9.17, 15) is 0 Å². The van der Waals surface area contributed by atoms with Crippen LogP contribution in [0.3, 0.4) is 0 Å². The highest BCUT2D eigenvalue weighted by atomic mass is 35.5. The molecule has 1 aromatic rings. The molecule has 4 heteroatoms. The fourth-order valence-corrected chi connectivity index (χ4v) is 1.45. The molecule has 0 radical (unpaired) electrons. The maximum absolute atomic E-state index is 5.93. The third kappa shape index (κ3) is 2.55. The quantitative estimate of drug-likeness (QED) is 0.858. The summed E-state index contributed by atoms with van der Waals surface area (Å²) in [5, 5.41) is 0.632. The van der Waals surface area contributed by atoms with Crippen molar-refractivity contribution >= 4 is 11.6 Å². The van der Waals surface area contributed by atoms with Gasteiger partial charge in [0.15, 0.2) is 11.5 Å². The summed E-state index contributed by atoms with van der Waals surface area (Å²) in [7, 11) is 1.60. The number of ether oxygens (including phenoxy) is 2. The molecule has 0 aliphatic heterocycles. The summed E-state index contributed by atoms with van der Waals surface area (Å²) in [6.45, 7) is 0.518. The van der Waals surface area contributed by atoms with E-state index in [2.05, 4.69) is 0 Å². The molecule has 2 N–H and O–H groups in total. The van der Waals surface area contributed by atoms with Gasteiger partial charge in [-0.15, -0.1) is 0 Å². The molecule has 1 aromatic carbocycles. The molecule has 82 valence electrons. The molecular formula is C11H14ClNO2. The lowest BCUT2D eigenvalue weighted by Crippen LogP contribution is -2.29. The summed E-state index contributed by atoms with van der Waals surface area (Å²) >= 11 is 5.87. The lowest BCUT2D eigenvalue weighted by Gasteiger charge is -2.13. The molecule has 0 heterocycles. The molecule has 1 fully saturated rings. The van der Waals surface area contributed by atoms with Crippen molar-refractivity contribution in [3.05, 3.63) is 23.2 Å². The van der Waals surface area contributed by atoms with Crippen molar-refractivity contribution in [1.29, 1.82) is 0 Å². The van der Waals surface area contributed by atoms with Crippen molar-refractivity contribution < 1.29 is 9.47 Å². The van der Waals surface area contributed by atoms with Gasteiger partial charge in [-0.2, -0.15) is 0 Å².